The molecule has 0 spiro atoms. The predicted octanol–water partition coefficient (Wildman–Crippen LogP) is 1.24. The van der Waals surface area contributed by atoms with Gasteiger partial charge < -0.3 is 4.90 Å². The lowest BCUT2D eigenvalue weighted by molar-refractivity contribution is -0.117. The number of carbonyl (C=O) groups excluding carboxylic acids is 1. The minimum Gasteiger partial charge on any atom is -0.306 e. The van der Waals surface area contributed by atoms with E-state index < -0.39 is 51.7 Å². The van der Waals surface area contributed by atoms with Crippen LogP contribution in [0.5, 0.6) is 0 Å². The smallest absolute Gasteiger partial charge is 0.306 e. The Bertz CT molecular complexity index is 704. The van der Waals surface area contributed by atoms with Crippen LogP contribution in [0.2, 0.25) is 0 Å². The number of hydrogen-bond donors (Lipinski definition) is 0. The maximum atomic E-state index is 13.7. The van der Waals surface area contributed by atoms with Gasteiger partial charge in [-0.1, -0.05) is 0 Å². The molecule has 5 nitrogen and oxygen atoms in total. The Kier molecular flexibility index (Phi) is 3.43. The van der Waals surface area contributed by atoms with Gasteiger partial charge in [-0.25, -0.2) is 8.78 Å². The maximum Gasteiger partial charge on any atom is 0.307 e. The molecule has 1 unspecified atom stereocenters. The van der Waals surface area contributed by atoms with E-state index in [1.165, 1.54) is 6.07 Å². The van der Waals surface area contributed by atoms with E-state index in [0.717, 1.165) is 0 Å². The molecule has 0 aromatic heterocycles. The van der Waals surface area contributed by atoms with Gasteiger partial charge in [0.1, 0.15) is 10.9 Å². The molecule has 1 atom stereocenters. The summed E-state index contributed by atoms with van der Waals surface area (Å²) in [6.45, 7) is -0.669. The van der Waals surface area contributed by atoms with E-state index in [-0.39, 0.29) is 5.56 Å². The number of nitriles is 1. The molecule has 1 fully saturated rings. The van der Waals surface area contributed by atoms with Crippen LogP contribution >= 0.6 is 0 Å². The highest BCUT2D eigenvalue weighted by molar-refractivity contribution is 7.87. The first-order chi connectivity index (χ1) is 9.24. The fourth-order valence-corrected chi connectivity index (χ4v) is 2.64. The van der Waals surface area contributed by atoms with Gasteiger partial charge in [0.05, 0.1) is 11.6 Å². The van der Waals surface area contributed by atoms with Gasteiger partial charge in [-0.2, -0.15) is 13.7 Å². The van der Waals surface area contributed by atoms with Gasteiger partial charge in [0.15, 0.2) is 11.6 Å². The summed E-state index contributed by atoms with van der Waals surface area (Å²) in [4.78, 5) is 12.1. The average molecular weight is 304 g/mol. The summed E-state index contributed by atoms with van der Waals surface area (Å²) in [7, 11) is -4.97. The maximum absolute atomic E-state index is 13.7. The van der Waals surface area contributed by atoms with Crippen LogP contribution in [0.15, 0.2) is 12.1 Å². The first-order valence-electron chi connectivity index (χ1n) is 5.37. The van der Waals surface area contributed by atoms with Gasteiger partial charge >= 0.3 is 10.2 Å². The summed E-state index contributed by atoms with van der Waals surface area (Å²) in [5, 5.41) is 6.90. The Hall–Kier alpha value is -2.08. The molecular weight excluding hydrogens is 297 g/mol. The molecule has 1 aliphatic rings. The molecule has 1 heterocycles. The van der Waals surface area contributed by atoms with Crippen molar-refractivity contribution in [3.05, 3.63) is 29.3 Å². The van der Waals surface area contributed by atoms with Crippen molar-refractivity contribution < 1.29 is 25.9 Å². The van der Waals surface area contributed by atoms with Crippen LogP contribution in [0.4, 0.5) is 18.4 Å². The van der Waals surface area contributed by atoms with Gasteiger partial charge in [0, 0.05) is 13.0 Å². The molecule has 9 heteroatoms. The van der Waals surface area contributed by atoms with Crippen LogP contribution in [0.25, 0.3) is 0 Å². The molecule has 1 saturated heterocycles. The Labute approximate surface area is 112 Å². The molecule has 0 bridgehead atoms. The third-order valence-corrected chi connectivity index (χ3v) is 4.02. The summed E-state index contributed by atoms with van der Waals surface area (Å²) in [6.07, 6.45) is -0.683. The molecular formula is C11H7F3N2O3S. The number of nitrogens with zero attached hydrogens (tertiary/aromatic N) is 2. The molecule has 1 aromatic carbocycles. The van der Waals surface area contributed by atoms with Crippen LogP contribution in [-0.2, 0) is 15.0 Å². The van der Waals surface area contributed by atoms with Crippen LogP contribution in [0, 0.1) is 23.0 Å². The molecule has 0 aliphatic carbocycles. The second kappa shape index (κ2) is 4.79. The third kappa shape index (κ3) is 2.46. The number of rotatable bonds is 2. The monoisotopic (exact) mass is 304 g/mol. The molecule has 1 aromatic rings. The minimum atomic E-state index is -4.97. The molecule has 0 N–H and O–H groups in total. The lowest BCUT2D eigenvalue weighted by Gasteiger charge is -2.17. The summed E-state index contributed by atoms with van der Waals surface area (Å²) < 4.78 is 61.8. The van der Waals surface area contributed by atoms with Crippen LogP contribution < -0.4 is 4.90 Å². The highest BCUT2D eigenvalue weighted by Crippen LogP contribution is 2.30. The number of anilines is 1. The Morgan fingerprint density at radius 2 is 1.85 bits per heavy atom. The van der Waals surface area contributed by atoms with E-state index >= 15 is 0 Å². The van der Waals surface area contributed by atoms with E-state index in [2.05, 4.69) is 0 Å². The van der Waals surface area contributed by atoms with Gasteiger partial charge in [0.25, 0.3) is 0 Å². The van der Waals surface area contributed by atoms with Gasteiger partial charge in [-0.3, -0.25) is 4.79 Å². The zero-order valence-electron chi connectivity index (χ0n) is 9.81. The summed E-state index contributed by atoms with van der Waals surface area (Å²) in [5.74, 6) is -3.28. The molecule has 20 heavy (non-hydrogen) atoms. The lowest BCUT2D eigenvalue weighted by Crippen LogP contribution is -2.28. The number of benzene rings is 1. The van der Waals surface area contributed by atoms with Crippen molar-refractivity contribution in [3.63, 3.8) is 0 Å². The number of hydrogen-bond acceptors (Lipinski definition) is 4. The van der Waals surface area contributed by atoms with Crippen molar-refractivity contribution >= 4 is 21.8 Å². The Morgan fingerprint density at radius 3 is 2.25 bits per heavy atom. The van der Waals surface area contributed by atoms with E-state index in [4.69, 9.17) is 5.26 Å². The molecule has 1 amide bonds. The third-order valence-electron chi connectivity index (χ3n) is 2.90. The van der Waals surface area contributed by atoms with Crippen molar-refractivity contribution in [2.45, 2.75) is 11.7 Å². The highest BCUT2D eigenvalue weighted by Gasteiger charge is 2.40. The van der Waals surface area contributed by atoms with Crippen LogP contribution in [-0.4, -0.2) is 26.1 Å². The molecule has 1 aliphatic heterocycles. The summed E-state index contributed by atoms with van der Waals surface area (Å²) in [5.41, 5.74) is -1.06. The van der Waals surface area contributed by atoms with Gasteiger partial charge in [0.2, 0.25) is 5.91 Å². The number of amides is 1. The number of carbonyl (C=O) groups is 1. The van der Waals surface area contributed by atoms with Crippen molar-refractivity contribution in [2.75, 3.05) is 11.4 Å². The molecule has 0 radical (unpaired) electrons. The second-order valence-electron chi connectivity index (χ2n) is 4.21. The zero-order chi connectivity index (χ0) is 15.1. The van der Waals surface area contributed by atoms with Gasteiger partial charge in [-0.15, -0.1) is 3.89 Å². The Balaban J connectivity index is 2.44. The minimum absolute atomic E-state index is 0.287. The predicted molar refractivity (Wildman–Crippen MR) is 61.9 cm³/mol. The van der Waals surface area contributed by atoms with Crippen LogP contribution in [0.3, 0.4) is 0 Å². The van der Waals surface area contributed by atoms with Crippen LogP contribution in [0.1, 0.15) is 12.0 Å². The highest BCUT2D eigenvalue weighted by atomic mass is 32.3. The van der Waals surface area contributed by atoms with Crippen molar-refractivity contribution in [2.24, 2.45) is 0 Å². The molecule has 106 valence electrons. The fraction of sp³-hybridized carbons (Fsp3) is 0.273. The average Bonchev–Trinajstić information content (AvgIpc) is 2.70. The largest absolute Gasteiger partial charge is 0.307 e. The zero-order valence-corrected chi connectivity index (χ0v) is 10.6. The quantitative estimate of drug-likeness (QED) is 0.770. The normalized spacial score (nSPS) is 19.2. The van der Waals surface area contributed by atoms with E-state index in [9.17, 15) is 25.9 Å². The standard InChI is InChI=1S/C11H7F3N2O3S/c12-8-1-6(4-15)2-9(13)11(8)16-5-7(3-10(16)17)20(14,18)19/h1-2,7H,3,5H2. The van der Waals surface area contributed by atoms with E-state index in [1.54, 1.807) is 0 Å². The van der Waals surface area contributed by atoms with Gasteiger partial charge in [-0.05, 0) is 12.1 Å². The lowest BCUT2D eigenvalue weighted by atomic mass is 10.2. The summed E-state index contributed by atoms with van der Waals surface area (Å²) >= 11 is 0. The van der Waals surface area contributed by atoms with Crippen molar-refractivity contribution in [1.29, 1.82) is 5.26 Å². The van der Waals surface area contributed by atoms with Crippen molar-refractivity contribution in [3.8, 4) is 6.07 Å². The molecule has 0 saturated carbocycles. The molecule has 2 rings (SSSR count). The first kappa shape index (κ1) is 14.3. The van der Waals surface area contributed by atoms with Crippen molar-refractivity contribution in [1.82, 2.24) is 0 Å². The topological polar surface area (TPSA) is 78.2 Å². The fourth-order valence-electron chi connectivity index (χ4n) is 1.97. The van der Waals surface area contributed by atoms with E-state index in [1.807, 2.05) is 0 Å². The number of halogens is 3. The summed E-state index contributed by atoms with van der Waals surface area (Å²) in [6, 6.07) is 2.95. The first-order valence-corrected chi connectivity index (χ1v) is 6.81. The second-order valence-corrected chi connectivity index (χ2v) is 5.82. The van der Waals surface area contributed by atoms with E-state index in [0.29, 0.717) is 17.0 Å². The SMILES string of the molecule is N#Cc1cc(F)c(N2CC(S(=O)(=O)F)CC2=O)c(F)c1. The Morgan fingerprint density at radius 1 is 1.30 bits per heavy atom.